The van der Waals surface area contributed by atoms with Crippen molar-refractivity contribution in [3.63, 3.8) is 0 Å². The van der Waals surface area contributed by atoms with Gasteiger partial charge in [-0.25, -0.2) is 4.98 Å². The van der Waals surface area contributed by atoms with E-state index in [-0.39, 0.29) is 13.2 Å². The van der Waals surface area contributed by atoms with Gasteiger partial charge in [-0.05, 0) is 24.3 Å². The average Bonchev–Trinajstić information content (AvgIpc) is 3.09. The van der Waals surface area contributed by atoms with Crippen LogP contribution in [0.3, 0.4) is 0 Å². The molecule has 0 saturated carbocycles. The molecule has 3 rings (SSSR count). The Hall–Kier alpha value is -3.55. The first-order valence-electron chi connectivity index (χ1n) is 8.18. The maximum Gasteiger partial charge on any atom is 0.326 e. The first kappa shape index (κ1) is 18.2. The van der Waals surface area contributed by atoms with Crippen molar-refractivity contribution in [2.75, 3.05) is 26.1 Å². The number of amides is 1. The Bertz CT molecular complexity index is 967. The van der Waals surface area contributed by atoms with Crippen LogP contribution in [0.2, 0.25) is 0 Å². The highest BCUT2D eigenvalue weighted by atomic mass is 16.5. The molecule has 3 aromatic rings. The lowest BCUT2D eigenvalue weighted by atomic mass is 10.2. The normalized spacial score (nSPS) is 10.4. The first-order valence-corrected chi connectivity index (χ1v) is 8.18. The molecule has 0 aliphatic rings. The Morgan fingerprint density at radius 1 is 1.07 bits per heavy atom. The van der Waals surface area contributed by atoms with Crippen molar-refractivity contribution >= 4 is 28.6 Å². The van der Waals surface area contributed by atoms with Gasteiger partial charge in [-0.1, -0.05) is 12.1 Å². The summed E-state index contributed by atoms with van der Waals surface area (Å²) in [7, 11) is 3.03. The lowest BCUT2D eigenvalue weighted by Crippen LogP contribution is -2.22. The third-order valence-corrected chi connectivity index (χ3v) is 3.86. The van der Waals surface area contributed by atoms with Crippen molar-refractivity contribution in [1.82, 2.24) is 9.55 Å². The first-order chi connectivity index (χ1) is 13.1. The number of aromatic nitrogens is 2. The van der Waals surface area contributed by atoms with Crippen LogP contribution in [0.4, 0.5) is 5.69 Å². The summed E-state index contributed by atoms with van der Waals surface area (Å²) in [5, 5.41) is 2.64. The number of hydrogen-bond donors (Lipinski definition) is 1. The van der Waals surface area contributed by atoms with Gasteiger partial charge < -0.3 is 24.1 Å². The topological polar surface area (TPSA) is 91.7 Å². The summed E-state index contributed by atoms with van der Waals surface area (Å²) in [4.78, 5) is 28.2. The van der Waals surface area contributed by atoms with Gasteiger partial charge in [0.1, 0.15) is 6.54 Å². The van der Waals surface area contributed by atoms with Gasteiger partial charge in [0, 0.05) is 11.8 Å². The third kappa shape index (κ3) is 4.35. The third-order valence-electron chi connectivity index (χ3n) is 3.86. The molecule has 1 aromatic heterocycles. The van der Waals surface area contributed by atoms with E-state index in [2.05, 4.69) is 10.3 Å². The van der Waals surface area contributed by atoms with Crippen LogP contribution < -0.4 is 14.8 Å². The number of methoxy groups -OCH3 is 2. The molecule has 0 radical (unpaired) electrons. The summed E-state index contributed by atoms with van der Waals surface area (Å²) >= 11 is 0. The molecule has 8 nitrogen and oxygen atoms in total. The highest BCUT2D eigenvalue weighted by molar-refractivity contribution is 5.93. The summed E-state index contributed by atoms with van der Waals surface area (Å²) in [5.41, 5.74) is 2.12. The molecular formula is C19H19N3O5. The van der Waals surface area contributed by atoms with E-state index in [1.54, 1.807) is 29.1 Å². The number of nitrogens with zero attached hydrogens (tertiary/aromatic N) is 2. The highest BCUT2D eigenvalue weighted by Gasteiger charge is 2.12. The second kappa shape index (κ2) is 8.22. The largest absolute Gasteiger partial charge is 0.493 e. The molecule has 8 heteroatoms. The quantitative estimate of drug-likeness (QED) is 0.642. The van der Waals surface area contributed by atoms with E-state index in [1.807, 2.05) is 24.3 Å². The number of ether oxygens (including phenoxy) is 3. The Balaban J connectivity index is 1.53. The SMILES string of the molecule is COc1ccc(NC(=O)COC(=O)Cn2cnc3ccccc32)cc1OC. The Morgan fingerprint density at radius 2 is 1.85 bits per heavy atom. The molecule has 0 saturated heterocycles. The molecule has 1 N–H and O–H groups in total. The zero-order chi connectivity index (χ0) is 19.2. The van der Waals surface area contributed by atoms with Gasteiger partial charge in [-0.3, -0.25) is 9.59 Å². The van der Waals surface area contributed by atoms with Gasteiger partial charge in [0.05, 0.1) is 31.6 Å². The van der Waals surface area contributed by atoms with Crippen molar-refractivity contribution in [2.45, 2.75) is 6.54 Å². The van der Waals surface area contributed by atoms with Crippen LogP contribution in [0, 0.1) is 0 Å². The zero-order valence-electron chi connectivity index (χ0n) is 15.0. The predicted octanol–water partition coefficient (Wildman–Crippen LogP) is 2.24. The average molecular weight is 369 g/mol. The van der Waals surface area contributed by atoms with Crippen LogP contribution in [0.1, 0.15) is 0 Å². The van der Waals surface area contributed by atoms with Gasteiger partial charge >= 0.3 is 5.97 Å². The van der Waals surface area contributed by atoms with Gasteiger partial charge in [0.2, 0.25) is 0 Å². The lowest BCUT2D eigenvalue weighted by Gasteiger charge is -2.11. The number of carbonyl (C=O) groups is 2. The fraction of sp³-hybridized carbons (Fsp3) is 0.211. The summed E-state index contributed by atoms with van der Waals surface area (Å²) in [5.74, 6) is 0.0560. The summed E-state index contributed by atoms with van der Waals surface area (Å²) in [6.07, 6.45) is 1.57. The Labute approximate surface area is 155 Å². The Kier molecular flexibility index (Phi) is 5.55. The minimum atomic E-state index is -0.527. The van der Waals surface area contributed by atoms with Crippen LogP contribution in [-0.4, -0.2) is 42.3 Å². The standard InChI is InChI=1S/C19H19N3O5/c1-25-16-8-7-13(9-17(16)26-2)21-18(23)11-27-19(24)10-22-12-20-14-5-3-4-6-15(14)22/h3-9,12H,10-11H2,1-2H3,(H,21,23). The molecule has 0 fully saturated rings. The number of para-hydroxylation sites is 2. The van der Waals surface area contributed by atoms with E-state index in [4.69, 9.17) is 14.2 Å². The van der Waals surface area contributed by atoms with E-state index < -0.39 is 11.9 Å². The van der Waals surface area contributed by atoms with Crippen LogP contribution in [-0.2, 0) is 20.9 Å². The molecule has 0 aliphatic heterocycles. The van der Waals surface area contributed by atoms with Crippen LogP contribution >= 0.6 is 0 Å². The molecule has 0 bridgehead atoms. The van der Waals surface area contributed by atoms with Gasteiger partial charge in [0.25, 0.3) is 5.91 Å². The summed E-state index contributed by atoms with van der Waals surface area (Å²) < 4.78 is 17.0. The monoisotopic (exact) mass is 369 g/mol. The van der Waals surface area contributed by atoms with Crippen molar-refractivity contribution in [2.24, 2.45) is 0 Å². The second-order valence-corrected chi connectivity index (χ2v) is 5.64. The lowest BCUT2D eigenvalue weighted by molar-refractivity contribution is -0.147. The molecule has 0 aliphatic carbocycles. The van der Waals surface area contributed by atoms with Crippen molar-refractivity contribution < 1.29 is 23.8 Å². The van der Waals surface area contributed by atoms with E-state index >= 15 is 0 Å². The number of hydrogen-bond acceptors (Lipinski definition) is 6. The molecule has 140 valence electrons. The van der Waals surface area contributed by atoms with E-state index in [9.17, 15) is 9.59 Å². The highest BCUT2D eigenvalue weighted by Crippen LogP contribution is 2.29. The maximum atomic E-state index is 12.0. The number of anilines is 1. The number of nitrogens with one attached hydrogen (secondary N) is 1. The molecule has 0 atom stereocenters. The summed E-state index contributed by atoms with van der Waals surface area (Å²) in [6.45, 7) is -0.413. The van der Waals surface area contributed by atoms with Gasteiger partial charge in [-0.2, -0.15) is 0 Å². The predicted molar refractivity (Wildman–Crippen MR) is 98.9 cm³/mol. The number of rotatable bonds is 7. The molecular weight excluding hydrogens is 350 g/mol. The molecule has 1 heterocycles. The fourth-order valence-corrected chi connectivity index (χ4v) is 2.58. The minimum absolute atomic E-state index is 0.0237. The van der Waals surface area contributed by atoms with E-state index in [1.165, 1.54) is 14.2 Å². The second-order valence-electron chi connectivity index (χ2n) is 5.64. The number of carbonyl (C=O) groups excluding carboxylic acids is 2. The molecule has 27 heavy (non-hydrogen) atoms. The molecule has 1 amide bonds. The van der Waals surface area contributed by atoms with Crippen LogP contribution in [0.5, 0.6) is 11.5 Å². The number of benzene rings is 2. The van der Waals surface area contributed by atoms with E-state index in [0.29, 0.717) is 17.2 Å². The Morgan fingerprint density at radius 3 is 2.63 bits per heavy atom. The van der Waals surface area contributed by atoms with Crippen molar-refractivity contribution in [1.29, 1.82) is 0 Å². The van der Waals surface area contributed by atoms with Crippen LogP contribution in [0.15, 0.2) is 48.8 Å². The van der Waals surface area contributed by atoms with Crippen LogP contribution in [0.25, 0.3) is 11.0 Å². The number of imidazole rings is 1. The number of fused-ring (bicyclic) bond motifs is 1. The van der Waals surface area contributed by atoms with Gasteiger partial charge in [-0.15, -0.1) is 0 Å². The van der Waals surface area contributed by atoms with Crippen molar-refractivity contribution in [3.05, 3.63) is 48.8 Å². The van der Waals surface area contributed by atoms with E-state index in [0.717, 1.165) is 11.0 Å². The van der Waals surface area contributed by atoms with Crippen molar-refractivity contribution in [3.8, 4) is 11.5 Å². The summed E-state index contributed by atoms with van der Waals surface area (Å²) in [6, 6.07) is 12.4. The minimum Gasteiger partial charge on any atom is -0.493 e. The molecule has 2 aromatic carbocycles. The zero-order valence-corrected chi connectivity index (χ0v) is 15.0. The maximum absolute atomic E-state index is 12.0. The fourth-order valence-electron chi connectivity index (χ4n) is 2.58. The smallest absolute Gasteiger partial charge is 0.326 e. The number of esters is 1. The molecule has 0 spiro atoms. The molecule has 0 unspecified atom stereocenters. The van der Waals surface area contributed by atoms with Gasteiger partial charge in [0.15, 0.2) is 18.1 Å².